The summed E-state index contributed by atoms with van der Waals surface area (Å²) in [7, 11) is 1.35. The molecule has 0 aliphatic carbocycles. The van der Waals surface area contributed by atoms with E-state index in [4.69, 9.17) is 9.47 Å². The molecule has 1 aliphatic heterocycles. The molecule has 0 saturated carbocycles. The molecule has 0 N–H and O–H groups in total. The maximum absolute atomic E-state index is 11.9. The van der Waals surface area contributed by atoms with Crippen LogP contribution in [0.4, 0.5) is 0 Å². The number of carbonyl (C=O) groups excluding carboxylic acids is 1. The highest BCUT2D eigenvalue weighted by Crippen LogP contribution is 2.30. The van der Waals surface area contributed by atoms with Gasteiger partial charge in [0.2, 0.25) is 0 Å². The molecule has 1 aromatic heterocycles. The second kappa shape index (κ2) is 4.30. The molecule has 1 unspecified atom stereocenters. The van der Waals surface area contributed by atoms with Gasteiger partial charge in [-0.3, -0.25) is 4.79 Å². The highest BCUT2D eigenvalue weighted by atomic mass is 16.5. The van der Waals surface area contributed by atoms with E-state index >= 15 is 0 Å². The Bertz CT molecular complexity index is 405. The molecule has 5 heteroatoms. The maximum Gasteiger partial charge on any atom is 0.323 e. The van der Waals surface area contributed by atoms with E-state index in [9.17, 15) is 4.79 Å². The number of aromatic nitrogens is 2. The maximum atomic E-state index is 11.9. The van der Waals surface area contributed by atoms with Crippen LogP contribution in [-0.2, 0) is 19.7 Å². The molecule has 2 heterocycles. The predicted octanol–water partition coefficient (Wildman–Crippen LogP) is 0.821. The van der Waals surface area contributed by atoms with Gasteiger partial charge in [-0.05, 0) is 18.6 Å². The number of hydrogen-bond donors (Lipinski definition) is 0. The average Bonchev–Trinajstić information content (AvgIpc) is 2.39. The zero-order chi connectivity index (χ0) is 11.4. The fourth-order valence-corrected chi connectivity index (χ4v) is 1.70. The third-order valence-corrected chi connectivity index (χ3v) is 2.56. The Morgan fingerprint density at radius 3 is 2.81 bits per heavy atom. The van der Waals surface area contributed by atoms with E-state index in [-0.39, 0.29) is 12.6 Å². The first-order valence-electron chi connectivity index (χ1n) is 4.92. The van der Waals surface area contributed by atoms with Crippen molar-refractivity contribution in [2.45, 2.75) is 11.8 Å². The smallest absolute Gasteiger partial charge is 0.323 e. The van der Waals surface area contributed by atoms with Gasteiger partial charge < -0.3 is 9.47 Å². The normalized spacial score (nSPS) is 23.6. The van der Waals surface area contributed by atoms with Crippen LogP contribution in [0.15, 0.2) is 30.8 Å². The molecular weight excluding hydrogens is 208 g/mol. The van der Waals surface area contributed by atoms with Crippen LogP contribution in [0.2, 0.25) is 0 Å². The molecule has 0 radical (unpaired) electrons. The summed E-state index contributed by atoms with van der Waals surface area (Å²) in [6.07, 6.45) is 7.04. The van der Waals surface area contributed by atoms with Crippen molar-refractivity contribution in [2.24, 2.45) is 0 Å². The molecule has 1 aliphatic rings. The molecule has 1 atom stereocenters. The Morgan fingerprint density at radius 2 is 2.25 bits per heavy atom. The molecule has 0 spiro atoms. The van der Waals surface area contributed by atoms with E-state index in [0.717, 1.165) is 0 Å². The zero-order valence-electron chi connectivity index (χ0n) is 8.92. The average molecular weight is 220 g/mol. The first kappa shape index (κ1) is 10.6. The van der Waals surface area contributed by atoms with Gasteiger partial charge in [-0.15, -0.1) is 0 Å². The summed E-state index contributed by atoms with van der Waals surface area (Å²) in [6, 6.07) is 1.70. The van der Waals surface area contributed by atoms with Gasteiger partial charge >= 0.3 is 5.97 Å². The molecule has 84 valence electrons. The van der Waals surface area contributed by atoms with Crippen LogP contribution in [0.5, 0.6) is 0 Å². The third kappa shape index (κ3) is 1.64. The number of hydrogen-bond acceptors (Lipinski definition) is 5. The van der Waals surface area contributed by atoms with Crippen LogP contribution in [0, 0.1) is 0 Å². The van der Waals surface area contributed by atoms with Crippen LogP contribution in [0.1, 0.15) is 12.2 Å². The summed E-state index contributed by atoms with van der Waals surface area (Å²) in [4.78, 5) is 20.1. The van der Waals surface area contributed by atoms with E-state index < -0.39 is 5.41 Å². The van der Waals surface area contributed by atoms with E-state index in [2.05, 4.69) is 9.97 Å². The fraction of sp³-hybridized carbons (Fsp3) is 0.364. The number of allylic oxidation sites excluding steroid dienone is 1. The van der Waals surface area contributed by atoms with Crippen molar-refractivity contribution < 1.29 is 14.3 Å². The lowest BCUT2D eigenvalue weighted by atomic mass is 9.83. The summed E-state index contributed by atoms with van der Waals surface area (Å²) in [5.41, 5.74) is -0.912. The van der Waals surface area contributed by atoms with Crippen molar-refractivity contribution in [1.29, 1.82) is 0 Å². The molecule has 5 nitrogen and oxygen atoms in total. The second-order valence-corrected chi connectivity index (χ2v) is 3.53. The second-order valence-electron chi connectivity index (χ2n) is 3.53. The van der Waals surface area contributed by atoms with Crippen LogP contribution in [0.3, 0.4) is 0 Å². The summed E-state index contributed by atoms with van der Waals surface area (Å²) in [5.74, 6) is 0.0641. The van der Waals surface area contributed by atoms with Crippen molar-refractivity contribution in [1.82, 2.24) is 9.97 Å². The number of nitrogens with zero attached hydrogens (tertiary/aromatic N) is 2. The van der Waals surface area contributed by atoms with Crippen molar-refractivity contribution >= 4 is 5.97 Å². The monoisotopic (exact) mass is 220 g/mol. The molecule has 2 rings (SSSR count). The minimum absolute atomic E-state index is 0.209. The molecule has 0 bridgehead atoms. The Labute approximate surface area is 93.1 Å². The summed E-state index contributed by atoms with van der Waals surface area (Å²) < 4.78 is 10.0. The van der Waals surface area contributed by atoms with Crippen molar-refractivity contribution in [3.8, 4) is 0 Å². The number of rotatable bonds is 2. The van der Waals surface area contributed by atoms with Gasteiger partial charge in [0.15, 0.2) is 5.41 Å². The van der Waals surface area contributed by atoms with Crippen LogP contribution in [-0.4, -0.2) is 29.7 Å². The highest BCUT2D eigenvalue weighted by molar-refractivity contribution is 5.82. The molecule has 0 fully saturated rings. The molecule has 0 aromatic carbocycles. The standard InChI is InChI=1S/C11H12N2O3/c1-15-10(14)11(4-2-7-16-8-11)9-12-5-3-6-13-9/h2-3,5-7H,4,8H2,1H3. The van der Waals surface area contributed by atoms with E-state index in [1.54, 1.807) is 30.8 Å². The fourth-order valence-electron chi connectivity index (χ4n) is 1.70. The SMILES string of the molecule is COC(=O)C1(c2ncccn2)CC=COC1. The van der Waals surface area contributed by atoms with Gasteiger partial charge in [0.1, 0.15) is 12.4 Å². The van der Waals surface area contributed by atoms with Crippen molar-refractivity contribution in [2.75, 3.05) is 13.7 Å². The van der Waals surface area contributed by atoms with Crippen LogP contribution >= 0.6 is 0 Å². The first-order chi connectivity index (χ1) is 7.79. The first-order valence-corrected chi connectivity index (χ1v) is 4.92. The topological polar surface area (TPSA) is 61.3 Å². The van der Waals surface area contributed by atoms with Gasteiger partial charge in [-0.1, -0.05) is 0 Å². The number of carbonyl (C=O) groups is 1. The van der Waals surface area contributed by atoms with Gasteiger partial charge in [0.05, 0.1) is 13.4 Å². The zero-order valence-corrected chi connectivity index (χ0v) is 8.92. The molecular formula is C11H12N2O3. The number of esters is 1. The van der Waals surface area contributed by atoms with E-state index in [0.29, 0.717) is 12.2 Å². The lowest BCUT2D eigenvalue weighted by Gasteiger charge is -2.29. The van der Waals surface area contributed by atoms with E-state index in [1.807, 2.05) is 0 Å². The van der Waals surface area contributed by atoms with Gasteiger partial charge in [-0.2, -0.15) is 0 Å². The van der Waals surface area contributed by atoms with Crippen molar-refractivity contribution in [3.63, 3.8) is 0 Å². The van der Waals surface area contributed by atoms with Gasteiger partial charge in [0.25, 0.3) is 0 Å². The molecule has 16 heavy (non-hydrogen) atoms. The molecule has 0 saturated heterocycles. The minimum atomic E-state index is -0.912. The molecule has 0 amide bonds. The van der Waals surface area contributed by atoms with Crippen LogP contribution in [0.25, 0.3) is 0 Å². The van der Waals surface area contributed by atoms with Gasteiger partial charge in [-0.25, -0.2) is 9.97 Å². The largest absolute Gasteiger partial charge is 0.500 e. The number of ether oxygens (including phenoxy) is 2. The van der Waals surface area contributed by atoms with E-state index in [1.165, 1.54) is 7.11 Å². The lowest BCUT2D eigenvalue weighted by Crippen LogP contribution is -2.43. The minimum Gasteiger partial charge on any atom is -0.500 e. The lowest BCUT2D eigenvalue weighted by molar-refractivity contribution is -0.150. The van der Waals surface area contributed by atoms with Crippen molar-refractivity contribution in [3.05, 3.63) is 36.6 Å². The number of methoxy groups -OCH3 is 1. The predicted molar refractivity (Wildman–Crippen MR) is 55.4 cm³/mol. The highest BCUT2D eigenvalue weighted by Gasteiger charge is 2.45. The van der Waals surface area contributed by atoms with Crippen LogP contribution < -0.4 is 0 Å². The summed E-state index contributed by atoms with van der Waals surface area (Å²) >= 11 is 0. The summed E-state index contributed by atoms with van der Waals surface area (Å²) in [6.45, 7) is 0.209. The Balaban J connectivity index is 2.42. The molecule has 1 aromatic rings. The Hall–Kier alpha value is -1.91. The Kier molecular flexibility index (Phi) is 2.85. The quantitative estimate of drug-likeness (QED) is 0.690. The summed E-state index contributed by atoms with van der Waals surface area (Å²) in [5, 5.41) is 0. The van der Waals surface area contributed by atoms with Gasteiger partial charge in [0, 0.05) is 12.4 Å². The third-order valence-electron chi connectivity index (χ3n) is 2.56. The Morgan fingerprint density at radius 1 is 1.50 bits per heavy atom.